The summed E-state index contributed by atoms with van der Waals surface area (Å²) in [4.78, 5) is 31.3. The van der Waals surface area contributed by atoms with E-state index in [1.165, 1.54) is 17.8 Å². The van der Waals surface area contributed by atoms with E-state index < -0.39 is 0 Å². The number of aromatic nitrogens is 2. The third kappa shape index (κ3) is 6.25. The Morgan fingerprint density at radius 1 is 1.17 bits per heavy atom. The fourth-order valence-corrected chi connectivity index (χ4v) is 3.64. The van der Waals surface area contributed by atoms with E-state index in [-0.39, 0.29) is 17.9 Å². The number of aromatic amines is 1. The first-order valence-corrected chi connectivity index (χ1v) is 10.3. The van der Waals surface area contributed by atoms with Gasteiger partial charge in [0.25, 0.3) is 5.56 Å². The first-order chi connectivity index (χ1) is 13.9. The SMILES string of the molecule is COc1cccc(CSc2nc(CC(=O)Nc3ccc(Cl)c(Cl)c3)cc(=O)[nH]2)c1. The molecule has 0 aliphatic heterocycles. The Hall–Kier alpha value is -2.48. The number of nitrogens with one attached hydrogen (secondary N) is 2. The predicted octanol–water partition coefficient (Wildman–Crippen LogP) is 4.56. The molecule has 0 saturated heterocycles. The Balaban J connectivity index is 1.65. The molecule has 0 saturated carbocycles. The molecule has 150 valence electrons. The van der Waals surface area contributed by atoms with Gasteiger partial charge in [-0.3, -0.25) is 9.59 Å². The molecule has 2 N–H and O–H groups in total. The minimum absolute atomic E-state index is 0.0448. The van der Waals surface area contributed by atoms with E-state index in [1.807, 2.05) is 24.3 Å². The van der Waals surface area contributed by atoms with E-state index in [1.54, 1.807) is 25.3 Å². The molecule has 29 heavy (non-hydrogen) atoms. The molecule has 9 heteroatoms. The standard InChI is InChI=1S/C20H17Cl2N3O3S/c1-28-15-4-2-3-12(7-15)11-29-20-24-14(10-19(27)25-20)9-18(26)23-13-5-6-16(21)17(22)8-13/h2-8,10H,9,11H2,1H3,(H,23,26)(H,24,25,27). The van der Waals surface area contributed by atoms with Crippen molar-refractivity contribution in [2.45, 2.75) is 17.3 Å². The zero-order valence-electron chi connectivity index (χ0n) is 15.4. The van der Waals surface area contributed by atoms with Gasteiger partial charge in [-0.2, -0.15) is 0 Å². The summed E-state index contributed by atoms with van der Waals surface area (Å²) in [6.07, 6.45) is -0.0448. The van der Waals surface area contributed by atoms with Gasteiger partial charge in [0.05, 0.1) is 29.3 Å². The molecule has 2 aromatic carbocycles. The second-order valence-electron chi connectivity index (χ2n) is 6.04. The van der Waals surface area contributed by atoms with Crippen LogP contribution in [0.5, 0.6) is 5.75 Å². The molecule has 0 aliphatic carbocycles. The van der Waals surface area contributed by atoms with Crippen LogP contribution >= 0.6 is 35.0 Å². The number of anilines is 1. The number of H-pyrrole nitrogens is 1. The number of carbonyl (C=O) groups is 1. The highest BCUT2D eigenvalue weighted by atomic mass is 35.5. The van der Waals surface area contributed by atoms with Crippen LogP contribution in [-0.4, -0.2) is 23.0 Å². The van der Waals surface area contributed by atoms with Gasteiger partial charge in [0.2, 0.25) is 5.91 Å². The number of hydrogen-bond donors (Lipinski definition) is 2. The predicted molar refractivity (Wildman–Crippen MR) is 116 cm³/mol. The number of ether oxygens (including phenoxy) is 1. The lowest BCUT2D eigenvalue weighted by atomic mass is 10.2. The van der Waals surface area contributed by atoms with Crippen LogP contribution in [0, 0.1) is 0 Å². The largest absolute Gasteiger partial charge is 0.497 e. The molecule has 1 heterocycles. The normalized spacial score (nSPS) is 10.6. The molecular weight excluding hydrogens is 433 g/mol. The monoisotopic (exact) mass is 449 g/mol. The smallest absolute Gasteiger partial charge is 0.251 e. The van der Waals surface area contributed by atoms with Crippen LogP contribution in [0.15, 0.2) is 58.5 Å². The Morgan fingerprint density at radius 3 is 2.76 bits per heavy atom. The molecule has 0 radical (unpaired) electrons. The zero-order chi connectivity index (χ0) is 20.8. The van der Waals surface area contributed by atoms with Crippen molar-refractivity contribution in [3.8, 4) is 5.75 Å². The first-order valence-electron chi connectivity index (χ1n) is 8.54. The Kier molecular flexibility index (Phi) is 7.19. The Morgan fingerprint density at radius 2 is 2.00 bits per heavy atom. The zero-order valence-corrected chi connectivity index (χ0v) is 17.7. The van der Waals surface area contributed by atoms with Crippen molar-refractivity contribution in [1.82, 2.24) is 9.97 Å². The molecule has 0 aliphatic rings. The molecule has 0 unspecified atom stereocenters. The highest BCUT2D eigenvalue weighted by Crippen LogP contribution is 2.25. The van der Waals surface area contributed by atoms with Crippen LogP contribution in [-0.2, 0) is 17.0 Å². The summed E-state index contributed by atoms with van der Waals surface area (Å²) in [5.74, 6) is 1.04. The van der Waals surface area contributed by atoms with Gasteiger partial charge in [-0.15, -0.1) is 0 Å². The van der Waals surface area contributed by atoms with Gasteiger partial charge in [-0.25, -0.2) is 4.98 Å². The van der Waals surface area contributed by atoms with Gasteiger partial charge in [-0.05, 0) is 35.9 Å². The quantitative estimate of drug-likeness (QED) is 0.407. The maximum atomic E-state index is 12.3. The van der Waals surface area contributed by atoms with Crippen LogP contribution in [0.4, 0.5) is 5.69 Å². The number of hydrogen-bond acceptors (Lipinski definition) is 5. The summed E-state index contributed by atoms with van der Waals surface area (Å²) in [6.45, 7) is 0. The number of rotatable bonds is 7. The highest BCUT2D eigenvalue weighted by Gasteiger charge is 2.10. The number of thioether (sulfide) groups is 1. The summed E-state index contributed by atoms with van der Waals surface area (Å²) >= 11 is 13.2. The van der Waals surface area contributed by atoms with Crippen LogP contribution in [0.1, 0.15) is 11.3 Å². The maximum absolute atomic E-state index is 12.3. The van der Waals surface area contributed by atoms with Crippen molar-refractivity contribution in [2.75, 3.05) is 12.4 Å². The molecule has 3 aromatic rings. The second kappa shape index (κ2) is 9.82. The minimum atomic E-state index is -0.315. The Labute approximate surface area is 181 Å². The van der Waals surface area contributed by atoms with E-state index in [0.29, 0.717) is 32.3 Å². The van der Waals surface area contributed by atoms with Crippen molar-refractivity contribution < 1.29 is 9.53 Å². The van der Waals surface area contributed by atoms with Crippen molar-refractivity contribution >= 4 is 46.6 Å². The lowest BCUT2D eigenvalue weighted by Gasteiger charge is -2.07. The summed E-state index contributed by atoms with van der Waals surface area (Å²) in [6, 6.07) is 13.7. The summed E-state index contributed by atoms with van der Waals surface area (Å²) < 4.78 is 5.21. The summed E-state index contributed by atoms with van der Waals surface area (Å²) in [7, 11) is 1.61. The van der Waals surface area contributed by atoms with E-state index >= 15 is 0 Å². The molecule has 0 bridgehead atoms. The van der Waals surface area contributed by atoms with Gasteiger partial charge in [0.15, 0.2) is 5.16 Å². The van der Waals surface area contributed by atoms with Gasteiger partial charge < -0.3 is 15.0 Å². The molecule has 0 fully saturated rings. The van der Waals surface area contributed by atoms with Gasteiger partial charge in [0.1, 0.15) is 5.75 Å². The Bertz CT molecular complexity index is 1090. The molecule has 6 nitrogen and oxygen atoms in total. The van der Waals surface area contributed by atoms with Crippen LogP contribution in [0.25, 0.3) is 0 Å². The fourth-order valence-electron chi connectivity index (χ4n) is 2.50. The van der Waals surface area contributed by atoms with Gasteiger partial charge >= 0.3 is 0 Å². The number of methoxy groups -OCH3 is 1. The minimum Gasteiger partial charge on any atom is -0.497 e. The average Bonchev–Trinajstić information content (AvgIpc) is 2.69. The number of nitrogens with zero attached hydrogens (tertiary/aromatic N) is 1. The molecular formula is C20H17Cl2N3O3S. The second-order valence-corrected chi connectivity index (χ2v) is 7.81. The van der Waals surface area contributed by atoms with E-state index in [4.69, 9.17) is 27.9 Å². The van der Waals surface area contributed by atoms with Gasteiger partial charge in [0, 0.05) is 17.5 Å². The third-order valence-electron chi connectivity index (χ3n) is 3.83. The fraction of sp³-hybridized carbons (Fsp3) is 0.150. The molecule has 1 aromatic heterocycles. The number of halogens is 2. The van der Waals surface area contributed by atoms with Crippen molar-refractivity contribution in [1.29, 1.82) is 0 Å². The van der Waals surface area contributed by atoms with E-state index in [0.717, 1.165) is 11.3 Å². The maximum Gasteiger partial charge on any atom is 0.251 e. The number of amides is 1. The van der Waals surface area contributed by atoms with Crippen molar-refractivity contribution in [2.24, 2.45) is 0 Å². The average molecular weight is 450 g/mol. The summed E-state index contributed by atoms with van der Waals surface area (Å²) in [5, 5.41) is 3.90. The number of carbonyl (C=O) groups excluding carboxylic acids is 1. The molecule has 3 rings (SSSR count). The lowest BCUT2D eigenvalue weighted by Crippen LogP contribution is -2.18. The van der Waals surface area contributed by atoms with Crippen molar-refractivity contribution in [3.05, 3.63) is 80.2 Å². The molecule has 1 amide bonds. The van der Waals surface area contributed by atoms with Crippen LogP contribution in [0.3, 0.4) is 0 Å². The highest BCUT2D eigenvalue weighted by molar-refractivity contribution is 7.98. The van der Waals surface area contributed by atoms with E-state index in [9.17, 15) is 9.59 Å². The third-order valence-corrected chi connectivity index (χ3v) is 5.51. The van der Waals surface area contributed by atoms with Crippen LogP contribution in [0.2, 0.25) is 10.0 Å². The molecule has 0 atom stereocenters. The molecule has 0 spiro atoms. The van der Waals surface area contributed by atoms with E-state index in [2.05, 4.69) is 15.3 Å². The number of benzene rings is 2. The summed E-state index contributed by atoms with van der Waals surface area (Å²) in [5.41, 5.74) is 1.60. The van der Waals surface area contributed by atoms with Crippen molar-refractivity contribution in [3.63, 3.8) is 0 Å². The van der Waals surface area contributed by atoms with Gasteiger partial charge in [-0.1, -0.05) is 47.1 Å². The first kappa shape index (κ1) is 21.2. The topological polar surface area (TPSA) is 84.1 Å². The van der Waals surface area contributed by atoms with Crippen LogP contribution < -0.4 is 15.6 Å². The lowest BCUT2D eigenvalue weighted by molar-refractivity contribution is -0.115.